The minimum absolute atomic E-state index is 0.124. The number of rotatable bonds is 4. The highest BCUT2D eigenvalue weighted by molar-refractivity contribution is 7.92. The van der Waals surface area contributed by atoms with E-state index in [9.17, 15) is 8.42 Å². The van der Waals surface area contributed by atoms with E-state index in [4.69, 9.17) is 5.11 Å². The lowest BCUT2D eigenvalue weighted by Crippen LogP contribution is -2.13. The van der Waals surface area contributed by atoms with E-state index in [1.54, 1.807) is 35.8 Å². The summed E-state index contributed by atoms with van der Waals surface area (Å²) < 4.78 is 28.1. The number of hydrogen-bond acceptors (Lipinski definition) is 5. The van der Waals surface area contributed by atoms with Crippen LogP contribution in [0.5, 0.6) is 0 Å². The molecule has 1 aromatic heterocycles. The fourth-order valence-electron chi connectivity index (χ4n) is 1.94. The number of aliphatic hydroxyl groups is 1. The average Bonchev–Trinajstić information content (AvgIpc) is 2.94. The van der Waals surface area contributed by atoms with Crippen molar-refractivity contribution in [2.24, 2.45) is 0 Å². The van der Waals surface area contributed by atoms with Crippen molar-refractivity contribution in [3.63, 3.8) is 0 Å². The van der Waals surface area contributed by atoms with Crippen molar-refractivity contribution in [1.29, 1.82) is 0 Å². The number of aliphatic hydroxyl groups excluding tert-OH is 1. The highest BCUT2D eigenvalue weighted by Crippen LogP contribution is 2.24. The molecular weight excluding hydrogens is 308 g/mol. The first-order valence-electron chi connectivity index (χ1n) is 6.14. The molecule has 108 valence electrons. The molecule has 3 rings (SSSR count). The van der Waals surface area contributed by atoms with Crippen LogP contribution in [0.2, 0.25) is 0 Å². The summed E-state index contributed by atoms with van der Waals surface area (Å²) in [5.41, 5.74) is 3.59. The van der Waals surface area contributed by atoms with Crippen molar-refractivity contribution in [2.75, 3.05) is 4.72 Å². The number of fused-ring (bicyclic) bond motifs is 1. The molecule has 0 unspecified atom stereocenters. The van der Waals surface area contributed by atoms with Crippen LogP contribution in [0.4, 0.5) is 5.69 Å². The van der Waals surface area contributed by atoms with Crippen molar-refractivity contribution < 1.29 is 13.5 Å². The van der Waals surface area contributed by atoms with Gasteiger partial charge in [-0.15, -0.1) is 11.3 Å². The summed E-state index contributed by atoms with van der Waals surface area (Å²) in [6, 6.07) is 11.4. The van der Waals surface area contributed by atoms with E-state index in [-0.39, 0.29) is 11.5 Å². The van der Waals surface area contributed by atoms with Gasteiger partial charge in [-0.1, -0.05) is 12.1 Å². The molecule has 0 fully saturated rings. The molecule has 0 amide bonds. The Bertz CT molecular complexity index is 888. The van der Waals surface area contributed by atoms with Gasteiger partial charge in [0.2, 0.25) is 0 Å². The van der Waals surface area contributed by atoms with E-state index in [0.717, 1.165) is 10.2 Å². The molecule has 2 N–H and O–H groups in total. The minimum atomic E-state index is -3.67. The molecule has 0 aliphatic carbocycles. The first kappa shape index (κ1) is 14.0. The number of benzene rings is 2. The lowest BCUT2D eigenvalue weighted by molar-refractivity contribution is 0.281. The van der Waals surface area contributed by atoms with E-state index in [1.165, 1.54) is 23.5 Å². The molecule has 0 spiro atoms. The van der Waals surface area contributed by atoms with Gasteiger partial charge in [0.15, 0.2) is 0 Å². The van der Waals surface area contributed by atoms with Gasteiger partial charge in [-0.05, 0) is 35.9 Å². The third kappa shape index (κ3) is 2.90. The van der Waals surface area contributed by atoms with Crippen LogP contribution in [-0.2, 0) is 16.6 Å². The van der Waals surface area contributed by atoms with E-state index in [2.05, 4.69) is 9.71 Å². The van der Waals surface area contributed by atoms with Crippen molar-refractivity contribution >= 4 is 37.3 Å². The summed E-state index contributed by atoms with van der Waals surface area (Å²) >= 11 is 1.45. The van der Waals surface area contributed by atoms with Crippen LogP contribution in [0, 0.1) is 0 Å². The third-order valence-electron chi connectivity index (χ3n) is 2.97. The first-order valence-corrected chi connectivity index (χ1v) is 8.51. The molecule has 0 saturated heterocycles. The molecule has 7 heteroatoms. The van der Waals surface area contributed by atoms with Gasteiger partial charge in [0.1, 0.15) is 0 Å². The Kier molecular flexibility index (Phi) is 3.62. The van der Waals surface area contributed by atoms with Crippen molar-refractivity contribution in [2.45, 2.75) is 11.5 Å². The molecule has 2 aromatic carbocycles. The second-order valence-corrected chi connectivity index (χ2v) is 7.01. The molecular formula is C14H12N2O3S2. The van der Waals surface area contributed by atoms with E-state index in [0.29, 0.717) is 11.3 Å². The number of hydrogen-bond donors (Lipinski definition) is 2. The average molecular weight is 320 g/mol. The zero-order valence-corrected chi connectivity index (χ0v) is 12.5. The molecule has 3 aromatic rings. The number of nitrogens with one attached hydrogen (secondary N) is 1. The summed E-state index contributed by atoms with van der Waals surface area (Å²) in [4.78, 5) is 4.27. The number of thiazole rings is 1. The molecule has 0 bridgehead atoms. The first-order chi connectivity index (χ1) is 10.1. The smallest absolute Gasteiger partial charge is 0.261 e. The largest absolute Gasteiger partial charge is 0.392 e. The monoisotopic (exact) mass is 320 g/mol. The van der Waals surface area contributed by atoms with Gasteiger partial charge in [0.05, 0.1) is 32.9 Å². The van der Waals surface area contributed by atoms with Gasteiger partial charge >= 0.3 is 0 Å². The third-order valence-corrected chi connectivity index (χ3v) is 5.15. The molecule has 1 heterocycles. The molecule has 21 heavy (non-hydrogen) atoms. The number of aromatic nitrogens is 1. The zero-order chi connectivity index (χ0) is 14.9. The summed E-state index contributed by atoms with van der Waals surface area (Å²) in [5.74, 6) is 0. The molecule has 0 aliphatic heterocycles. The zero-order valence-electron chi connectivity index (χ0n) is 10.9. The Labute approximate surface area is 125 Å². The van der Waals surface area contributed by atoms with Crippen LogP contribution in [0.1, 0.15) is 5.56 Å². The SMILES string of the molecule is O=S(=O)(Nc1ccc2ncsc2c1)c1cccc(CO)c1. The Balaban J connectivity index is 1.94. The van der Waals surface area contributed by atoms with Crippen molar-refractivity contribution in [1.82, 2.24) is 4.98 Å². The highest BCUT2D eigenvalue weighted by atomic mass is 32.2. The maximum atomic E-state index is 12.3. The van der Waals surface area contributed by atoms with Crippen molar-refractivity contribution in [3.8, 4) is 0 Å². The molecule has 0 saturated carbocycles. The quantitative estimate of drug-likeness (QED) is 0.774. The standard InChI is InChI=1S/C14H12N2O3S2/c17-8-10-2-1-3-12(6-10)21(18,19)16-11-4-5-13-14(7-11)20-9-15-13/h1-7,9,16-17H,8H2. The topological polar surface area (TPSA) is 79.3 Å². The van der Waals surface area contributed by atoms with Gasteiger partial charge in [0.25, 0.3) is 10.0 Å². The second-order valence-electron chi connectivity index (χ2n) is 4.45. The summed E-state index contributed by atoms with van der Waals surface area (Å²) in [6.07, 6.45) is 0. The van der Waals surface area contributed by atoms with Crippen LogP contribution < -0.4 is 4.72 Å². The molecule has 0 atom stereocenters. The number of nitrogens with zero attached hydrogens (tertiary/aromatic N) is 1. The normalized spacial score (nSPS) is 11.7. The number of sulfonamides is 1. The van der Waals surface area contributed by atoms with E-state index >= 15 is 0 Å². The fourth-order valence-corrected chi connectivity index (χ4v) is 3.78. The molecule has 5 nitrogen and oxygen atoms in total. The van der Waals surface area contributed by atoms with E-state index in [1.807, 2.05) is 0 Å². The summed E-state index contributed by atoms with van der Waals surface area (Å²) in [7, 11) is -3.67. The minimum Gasteiger partial charge on any atom is -0.392 e. The van der Waals surface area contributed by atoms with E-state index < -0.39 is 10.0 Å². The van der Waals surface area contributed by atoms with Gasteiger partial charge in [0, 0.05) is 0 Å². The maximum Gasteiger partial charge on any atom is 0.261 e. The maximum absolute atomic E-state index is 12.3. The van der Waals surface area contributed by atoms with Crippen LogP contribution in [0.15, 0.2) is 52.9 Å². The van der Waals surface area contributed by atoms with Crippen LogP contribution >= 0.6 is 11.3 Å². The summed E-state index contributed by atoms with van der Waals surface area (Å²) in [6.45, 7) is -0.198. The van der Waals surface area contributed by atoms with Gasteiger partial charge < -0.3 is 5.11 Å². The predicted molar refractivity (Wildman–Crippen MR) is 82.8 cm³/mol. The van der Waals surface area contributed by atoms with Crippen LogP contribution in [0.25, 0.3) is 10.2 Å². The highest BCUT2D eigenvalue weighted by Gasteiger charge is 2.15. The lowest BCUT2D eigenvalue weighted by Gasteiger charge is -2.09. The Morgan fingerprint density at radius 3 is 2.86 bits per heavy atom. The number of anilines is 1. The van der Waals surface area contributed by atoms with Gasteiger partial charge in [-0.2, -0.15) is 0 Å². The predicted octanol–water partition coefficient (Wildman–Crippen LogP) is 2.59. The summed E-state index contributed by atoms with van der Waals surface area (Å²) in [5, 5.41) is 9.09. The van der Waals surface area contributed by atoms with Crippen LogP contribution in [-0.4, -0.2) is 18.5 Å². The van der Waals surface area contributed by atoms with Crippen LogP contribution in [0.3, 0.4) is 0 Å². The second kappa shape index (κ2) is 5.44. The van der Waals surface area contributed by atoms with Crippen molar-refractivity contribution in [3.05, 3.63) is 53.5 Å². The Hall–Kier alpha value is -1.96. The van der Waals surface area contributed by atoms with Gasteiger partial charge in [-0.3, -0.25) is 4.72 Å². The Morgan fingerprint density at radius 1 is 1.19 bits per heavy atom. The Morgan fingerprint density at radius 2 is 2.05 bits per heavy atom. The lowest BCUT2D eigenvalue weighted by atomic mass is 10.2. The van der Waals surface area contributed by atoms with Gasteiger partial charge in [-0.25, -0.2) is 13.4 Å². The molecule has 0 radical (unpaired) electrons. The molecule has 0 aliphatic rings. The fraction of sp³-hybridized carbons (Fsp3) is 0.0714.